The van der Waals surface area contributed by atoms with Crippen LogP contribution in [0, 0.1) is 5.92 Å². The lowest BCUT2D eigenvalue weighted by atomic mass is 9.95. The van der Waals surface area contributed by atoms with E-state index < -0.39 is 0 Å². The normalized spacial score (nSPS) is 20.2. The van der Waals surface area contributed by atoms with E-state index in [0.29, 0.717) is 25.1 Å². The molecular formula is C25H32N4O3. The first-order valence-electron chi connectivity index (χ1n) is 11.4. The molecule has 7 nitrogen and oxygen atoms in total. The Balaban J connectivity index is 1.16. The van der Waals surface area contributed by atoms with Crippen LogP contribution in [0.5, 0.6) is 5.75 Å². The molecule has 0 saturated carbocycles. The maximum Gasteiger partial charge on any atom is 0.234 e. The van der Waals surface area contributed by atoms with Crippen LogP contribution >= 0.6 is 0 Å². The third-order valence-corrected chi connectivity index (χ3v) is 6.37. The fraction of sp³-hybridized carbons (Fsp3) is 0.440. The summed E-state index contributed by atoms with van der Waals surface area (Å²) in [4.78, 5) is 29.6. The second kappa shape index (κ2) is 10.6. The fourth-order valence-corrected chi connectivity index (χ4v) is 4.58. The molecule has 2 fully saturated rings. The zero-order valence-electron chi connectivity index (χ0n) is 18.4. The number of likely N-dealkylation sites (tertiary alicyclic amines) is 2. The third kappa shape index (κ3) is 6.08. The maximum atomic E-state index is 12.5. The number of carbonyl (C=O) groups is 2. The van der Waals surface area contributed by atoms with Gasteiger partial charge >= 0.3 is 0 Å². The summed E-state index contributed by atoms with van der Waals surface area (Å²) >= 11 is 0. The average molecular weight is 437 g/mol. The molecule has 0 radical (unpaired) electrons. The number of piperidine rings is 1. The van der Waals surface area contributed by atoms with Crippen molar-refractivity contribution in [2.75, 3.05) is 38.0 Å². The van der Waals surface area contributed by atoms with Crippen molar-refractivity contribution in [2.45, 2.75) is 31.8 Å². The minimum Gasteiger partial charge on any atom is -0.506 e. The van der Waals surface area contributed by atoms with Crippen LogP contribution in [-0.2, 0) is 16.1 Å². The van der Waals surface area contributed by atoms with Crippen LogP contribution in [-0.4, -0.2) is 65.5 Å². The molecule has 4 rings (SSSR count). The number of carbonyl (C=O) groups excluding carboxylic acids is 2. The summed E-state index contributed by atoms with van der Waals surface area (Å²) in [6.45, 7) is 4.62. The first-order valence-corrected chi connectivity index (χ1v) is 11.4. The smallest absolute Gasteiger partial charge is 0.234 e. The van der Waals surface area contributed by atoms with Crippen molar-refractivity contribution in [2.24, 2.45) is 5.92 Å². The number of benzene rings is 2. The Hall–Kier alpha value is -2.90. The van der Waals surface area contributed by atoms with E-state index >= 15 is 0 Å². The van der Waals surface area contributed by atoms with E-state index in [0.717, 1.165) is 39.1 Å². The Morgan fingerprint density at radius 2 is 1.59 bits per heavy atom. The Bertz CT molecular complexity index is 912. The number of amides is 2. The number of nitrogens with zero attached hydrogens (tertiary/aromatic N) is 2. The van der Waals surface area contributed by atoms with Crippen LogP contribution in [0.3, 0.4) is 0 Å². The lowest BCUT2D eigenvalue weighted by Crippen LogP contribution is -2.46. The molecule has 2 heterocycles. The summed E-state index contributed by atoms with van der Waals surface area (Å²) in [7, 11) is 0. The Morgan fingerprint density at radius 3 is 2.34 bits per heavy atom. The van der Waals surface area contributed by atoms with Crippen LogP contribution < -0.4 is 10.6 Å². The first kappa shape index (κ1) is 22.3. The van der Waals surface area contributed by atoms with Crippen molar-refractivity contribution in [3.8, 4) is 5.75 Å². The largest absolute Gasteiger partial charge is 0.506 e. The molecular weight excluding hydrogens is 404 g/mol. The number of hydrogen-bond donors (Lipinski definition) is 3. The highest BCUT2D eigenvalue weighted by molar-refractivity contribution is 5.93. The van der Waals surface area contributed by atoms with Crippen LogP contribution in [0.4, 0.5) is 5.69 Å². The zero-order chi connectivity index (χ0) is 22.3. The summed E-state index contributed by atoms with van der Waals surface area (Å²) in [5.41, 5.74) is 1.74. The van der Waals surface area contributed by atoms with Crippen LogP contribution in [0.25, 0.3) is 0 Å². The third-order valence-electron chi connectivity index (χ3n) is 6.37. The quantitative estimate of drug-likeness (QED) is 0.581. The number of nitrogens with one attached hydrogen (secondary N) is 2. The topological polar surface area (TPSA) is 84.9 Å². The molecule has 0 aromatic heterocycles. The summed E-state index contributed by atoms with van der Waals surface area (Å²) in [5, 5.41) is 15.8. The van der Waals surface area contributed by atoms with Gasteiger partial charge in [-0.3, -0.25) is 19.4 Å². The predicted octanol–water partition coefficient (Wildman–Crippen LogP) is 2.43. The van der Waals surface area contributed by atoms with Crippen molar-refractivity contribution in [1.82, 2.24) is 15.1 Å². The standard InChI is InChI=1S/C25H32N4O3/c30-23-9-5-4-8-22(23)27-25(32)20-10-13-28(14-11-20)18-24(31)26-21-12-15-29(17-21)16-19-6-2-1-3-7-19/h1-9,20-21,30H,10-18H2,(H,26,31)(H,27,32). The van der Waals surface area contributed by atoms with E-state index in [1.165, 1.54) is 5.56 Å². The van der Waals surface area contributed by atoms with Crippen molar-refractivity contribution in [3.63, 3.8) is 0 Å². The first-order chi connectivity index (χ1) is 15.6. The molecule has 2 amide bonds. The number of hydrogen-bond acceptors (Lipinski definition) is 5. The molecule has 2 aromatic rings. The van der Waals surface area contributed by atoms with Crippen molar-refractivity contribution in [3.05, 3.63) is 60.2 Å². The molecule has 170 valence electrons. The van der Waals surface area contributed by atoms with Gasteiger partial charge in [-0.2, -0.15) is 0 Å². The van der Waals surface area contributed by atoms with Gasteiger partial charge in [0.1, 0.15) is 5.75 Å². The Kier molecular flexibility index (Phi) is 7.39. The average Bonchev–Trinajstić information content (AvgIpc) is 3.23. The van der Waals surface area contributed by atoms with E-state index in [1.807, 2.05) is 6.07 Å². The molecule has 32 heavy (non-hydrogen) atoms. The zero-order valence-corrected chi connectivity index (χ0v) is 18.4. The molecule has 0 spiro atoms. The highest BCUT2D eigenvalue weighted by Crippen LogP contribution is 2.24. The number of anilines is 1. The van der Waals surface area contributed by atoms with Gasteiger partial charge in [-0.25, -0.2) is 0 Å². The van der Waals surface area contributed by atoms with Crippen molar-refractivity contribution < 1.29 is 14.7 Å². The number of rotatable bonds is 7. The van der Waals surface area contributed by atoms with E-state index in [1.54, 1.807) is 24.3 Å². The predicted molar refractivity (Wildman–Crippen MR) is 124 cm³/mol. The molecule has 2 saturated heterocycles. The van der Waals surface area contributed by atoms with Crippen LogP contribution in [0.15, 0.2) is 54.6 Å². The van der Waals surface area contributed by atoms with E-state index in [-0.39, 0.29) is 29.5 Å². The molecule has 0 bridgehead atoms. The fourth-order valence-electron chi connectivity index (χ4n) is 4.58. The van der Waals surface area contributed by atoms with Gasteiger partial charge in [-0.1, -0.05) is 42.5 Å². The van der Waals surface area contributed by atoms with E-state index in [4.69, 9.17) is 0 Å². The van der Waals surface area contributed by atoms with Gasteiger partial charge < -0.3 is 15.7 Å². The maximum absolute atomic E-state index is 12.5. The minimum absolute atomic E-state index is 0.0636. The molecule has 2 aliphatic rings. The summed E-state index contributed by atoms with van der Waals surface area (Å²) < 4.78 is 0. The molecule has 2 aliphatic heterocycles. The number of aromatic hydroxyl groups is 1. The van der Waals surface area contributed by atoms with Gasteiger partial charge in [0, 0.05) is 31.6 Å². The van der Waals surface area contributed by atoms with E-state index in [2.05, 4.69) is 44.7 Å². The van der Waals surface area contributed by atoms with Gasteiger partial charge in [0.2, 0.25) is 11.8 Å². The lowest BCUT2D eigenvalue weighted by Gasteiger charge is -2.31. The second-order valence-electron chi connectivity index (χ2n) is 8.83. The molecule has 7 heteroatoms. The Labute approximate surface area is 189 Å². The van der Waals surface area contributed by atoms with Gasteiger partial charge in [-0.05, 0) is 50.0 Å². The van der Waals surface area contributed by atoms with E-state index in [9.17, 15) is 14.7 Å². The van der Waals surface area contributed by atoms with Crippen molar-refractivity contribution in [1.29, 1.82) is 0 Å². The molecule has 3 N–H and O–H groups in total. The molecule has 2 aromatic carbocycles. The SMILES string of the molecule is O=C(CN1CCC(C(=O)Nc2ccccc2O)CC1)NC1CCN(Cc2ccccc2)C1. The van der Waals surface area contributed by atoms with Gasteiger partial charge in [-0.15, -0.1) is 0 Å². The lowest BCUT2D eigenvalue weighted by molar-refractivity contribution is -0.124. The van der Waals surface area contributed by atoms with Crippen LogP contribution in [0.2, 0.25) is 0 Å². The minimum atomic E-state index is -0.102. The second-order valence-corrected chi connectivity index (χ2v) is 8.83. The van der Waals surface area contributed by atoms with Gasteiger partial charge in [0.05, 0.1) is 12.2 Å². The van der Waals surface area contributed by atoms with Gasteiger partial charge in [0.25, 0.3) is 0 Å². The number of para-hydroxylation sites is 2. The van der Waals surface area contributed by atoms with Crippen LogP contribution in [0.1, 0.15) is 24.8 Å². The van der Waals surface area contributed by atoms with Crippen molar-refractivity contribution >= 4 is 17.5 Å². The summed E-state index contributed by atoms with van der Waals surface area (Å²) in [6.07, 6.45) is 2.40. The molecule has 0 aliphatic carbocycles. The molecule has 1 unspecified atom stereocenters. The number of phenols is 1. The summed E-state index contributed by atoms with van der Waals surface area (Å²) in [5.74, 6) is -0.0340. The monoisotopic (exact) mass is 436 g/mol. The Morgan fingerprint density at radius 1 is 0.906 bits per heavy atom. The van der Waals surface area contributed by atoms with Gasteiger partial charge in [0.15, 0.2) is 0 Å². The number of phenolic OH excluding ortho intramolecular Hbond substituents is 1. The highest BCUT2D eigenvalue weighted by Gasteiger charge is 2.28. The molecule has 1 atom stereocenters. The highest BCUT2D eigenvalue weighted by atomic mass is 16.3. The summed E-state index contributed by atoms with van der Waals surface area (Å²) in [6, 6.07) is 17.4.